The minimum atomic E-state index is -0.839. The van der Waals surface area contributed by atoms with Gasteiger partial charge < -0.3 is 20.3 Å². The number of hydrogen-bond donors (Lipinski definition) is 3. The first-order valence-corrected chi connectivity index (χ1v) is 33.3. The highest BCUT2D eigenvalue weighted by atomic mass is 16.5. The van der Waals surface area contributed by atoms with Crippen LogP contribution in [0.5, 0.6) is 0 Å². The Morgan fingerprint density at radius 1 is 0.365 bits per heavy atom. The molecule has 1 amide bonds. The fourth-order valence-electron chi connectivity index (χ4n) is 10.3. The monoisotopic (exact) mass is 1040 g/mol. The lowest BCUT2D eigenvalue weighted by Gasteiger charge is -2.20. The molecule has 0 radical (unpaired) electrons. The Hall–Kier alpha value is -1.92. The van der Waals surface area contributed by atoms with E-state index in [2.05, 4.69) is 43.5 Å². The first-order valence-electron chi connectivity index (χ1n) is 33.3. The highest BCUT2D eigenvalue weighted by molar-refractivity contribution is 5.76. The van der Waals surface area contributed by atoms with Gasteiger partial charge in [-0.15, -0.1) is 0 Å². The van der Waals surface area contributed by atoms with Gasteiger partial charge in [-0.1, -0.05) is 307 Å². The van der Waals surface area contributed by atoms with Gasteiger partial charge in [0, 0.05) is 12.8 Å². The van der Waals surface area contributed by atoms with E-state index < -0.39 is 12.1 Å². The molecular formula is C68H129NO5. The van der Waals surface area contributed by atoms with E-state index in [1.54, 1.807) is 6.08 Å². The van der Waals surface area contributed by atoms with Gasteiger partial charge in [0.25, 0.3) is 0 Å². The fourth-order valence-corrected chi connectivity index (χ4v) is 10.3. The standard InChI is InChI=1S/C68H129NO5/c1-3-5-7-9-11-13-41-46-50-54-58-62-68(73)74-63-59-55-51-47-43-40-38-36-34-32-30-28-26-24-22-20-18-16-14-15-17-19-21-23-25-27-29-31-33-35-37-39-42-45-49-53-57-61-67(72)69-65(64-70)66(71)60-56-52-48-44-12-10-8-6-4-2/h9,11,14,16,56,60,65-66,70-71H,3-8,10,12-13,15,17-55,57-59,61-64H2,1-2H3,(H,69,72)/b11-9-,16-14-,60-56+. The molecule has 0 saturated heterocycles. The van der Waals surface area contributed by atoms with Crippen molar-refractivity contribution in [3.8, 4) is 0 Å². The quantitative estimate of drug-likeness (QED) is 0.0320. The van der Waals surface area contributed by atoms with Crippen LogP contribution in [0.4, 0.5) is 0 Å². The van der Waals surface area contributed by atoms with Gasteiger partial charge in [0.05, 0.1) is 25.4 Å². The second-order valence-electron chi connectivity index (χ2n) is 22.8. The van der Waals surface area contributed by atoms with Gasteiger partial charge in [0.15, 0.2) is 0 Å². The Morgan fingerprint density at radius 2 is 0.649 bits per heavy atom. The molecule has 74 heavy (non-hydrogen) atoms. The smallest absolute Gasteiger partial charge is 0.305 e. The van der Waals surface area contributed by atoms with Crippen molar-refractivity contribution >= 4 is 11.9 Å². The molecule has 0 aliphatic carbocycles. The Balaban J connectivity index is 3.31. The molecule has 0 bridgehead atoms. The molecule has 0 aromatic carbocycles. The number of rotatable bonds is 62. The number of aliphatic hydroxyl groups is 2. The third kappa shape index (κ3) is 59.3. The summed E-state index contributed by atoms with van der Waals surface area (Å²) in [6.45, 7) is 4.85. The van der Waals surface area contributed by atoms with E-state index in [-0.39, 0.29) is 18.5 Å². The minimum absolute atomic E-state index is 0.00999. The molecule has 0 aromatic heterocycles. The summed E-state index contributed by atoms with van der Waals surface area (Å²) < 4.78 is 5.47. The van der Waals surface area contributed by atoms with Crippen molar-refractivity contribution in [2.75, 3.05) is 13.2 Å². The Morgan fingerprint density at radius 3 is 1.00 bits per heavy atom. The van der Waals surface area contributed by atoms with E-state index in [0.29, 0.717) is 19.4 Å². The predicted molar refractivity (Wildman–Crippen MR) is 324 cm³/mol. The molecule has 6 heteroatoms. The summed E-state index contributed by atoms with van der Waals surface area (Å²) in [4.78, 5) is 24.4. The van der Waals surface area contributed by atoms with Gasteiger partial charge in [-0.2, -0.15) is 0 Å². The van der Waals surface area contributed by atoms with Crippen LogP contribution in [-0.2, 0) is 14.3 Å². The highest BCUT2D eigenvalue weighted by Crippen LogP contribution is 2.18. The van der Waals surface area contributed by atoms with Crippen molar-refractivity contribution < 1.29 is 24.5 Å². The maximum absolute atomic E-state index is 12.4. The predicted octanol–water partition coefficient (Wildman–Crippen LogP) is 21.1. The van der Waals surface area contributed by atoms with E-state index in [0.717, 1.165) is 44.9 Å². The lowest BCUT2D eigenvalue weighted by molar-refractivity contribution is -0.143. The third-order valence-corrected chi connectivity index (χ3v) is 15.4. The number of allylic oxidation sites excluding steroid dienone is 5. The fraction of sp³-hybridized carbons (Fsp3) is 0.882. The molecule has 0 aromatic rings. The summed E-state index contributed by atoms with van der Waals surface area (Å²) in [5.74, 6) is -0.0558. The second-order valence-corrected chi connectivity index (χ2v) is 22.8. The molecule has 0 spiro atoms. The van der Waals surface area contributed by atoms with Crippen LogP contribution >= 0.6 is 0 Å². The summed E-state index contributed by atoms with van der Waals surface area (Å²) in [5, 5.41) is 23.0. The van der Waals surface area contributed by atoms with Crippen LogP contribution in [-0.4, -0.2) is 47.4 Å². The van der Waals surface area contributed by atoms with E-state index >= 15 is 0 Å². The number of carbonyl (C=O) groups is 2. The molecule has 0 aliphatic heterocycles. The summed E-state index contributed by atoms with van der Waals surface area (Å²) in [5.41, 5.74) is 0. The maximum atomic E-state index is 12.4. The Labute approximate surface area is 462 Å². The number of aliphatic hydroxyl groups excluding tert-OH is 2. The highest BCUT2D eigenvalue weighted by Gasteiger charge is 2.18. The normalized spacial score (nSPS) is 12.8. The molecule has 2 unspecified atom stereocenters. The number of carbonyl (C=O) groups excluding carboxylic acids is 2. The number of nitrogens with one attached hydrogen (secondary N) is 1. The summed E-state index contributed by atoms with van der Waals surface area (Å²) in [6.07, 6.45) is 81.0. The molecule has 2 atom stereocenters. The molecule has 0 fully saturated rings. The van der Waals surface area contributed by atoms with Gasteiger partial charge in [-0.25, -0.2) is 0 Å². The molecule has 3 N–H and O–H groups in total. The van der Waals surface area contributed by atoms with Crippen molar-refractivity contribution in [3.63, 3.8) is 0 Å². The lowest BCUT2D eigenvalue weighted by Crippen LogP contribution is -2.45. The van der Waals surface area contributed by atoms with Gasteiger partial charge in [0.2, 0.25) is 5.91 Å². The van der Waals surface area contributed by atoms with Gasteiger partial charge in [0.1, 0.15) is 0 Å². The summed E-state index contributed by atoms with van der Waals surface area (Å²) >= 11 is 0. The molecule has 0 rings (SSSR count). The van der Waals surface area contributed by atoms with Crippen LogP contribution in [0.3, 0.4) is 0 Å². The van der Waals surface area contributed by atoms with Crippen molar-refractivity contribution in [2.45, 2.75) is 373 Å². The number of esters is 1. The molecular weight excluding hydrogens is 911 g/mol. The van der Waals surface area contributed by atoms with Crippen LogP contribution in [0.1, 0.15) is 361 Å². The van der Waals surface area contributed by atoms with Crippen LogP contribution < -0.4 is 5.32 Å². The van der Waals surface area contributed by atoms with Crippen LogP contribution in [0, 0.1) is 0 Å². The average molecular weight is 1040 g/mol. The van der Waals surface area contributed by atoms with E-state index in [4.69, 9.17) is 4.74 Å². The molecule has 0 heterocycles. The van der Waals surface area contributed by atoms with Gasteiger partial charge >= 0.3 is 5.97 Å². The maximum Gasteiger partial charge on any atom is 0.305 e. The first-order chi connectivity index (χ1) is 36.5. The van der Waals surface area contributed by atoms with Crippen LogP contribution in [0.25, 0.3) is 0 Å². The topological polar surface area (TPSA) is 95.9 Å². The molecule has 6 nitrogen and oxygen atoms in total. The second kappa shape index (κ2) is 63.6. The van der Waals surface area contributed by atoms with Crippen molar-refractivity contribution in [3.05, 3.63) is 36.5 Å². The van der Waals surface area contributed by atoms with Crippen molar-refractivity contribution in [1.82, 2.24) is 5.32 Å². The molecule has 0 aliphatic rings. The number of amides is 1. The average Bonchev–Trinajstić information content (AvgIpc) is 3.40. The minimum Gasteiger partial charge on any atom is -0.466 e. The van der Waals surface area contributed by atoms with Gasteiger partial charge in [-0.3, -0.25) is 9.59 Å². The van der Waals surface area contributed by atoms with E-state index in [9.17, 15) is 19.8 Å². The van der Waals surface area contributed by atoms with Crippen LogP contribution in [0.2, 0.25) is 0 Å². The zero-order valence-corrected chi connectivity index (χ0v) is 49.8. The van der Waals surface area contributed by atoms with E-state index in [1.807, 2.05) is 6.08 Å². The van der Waals surface area contributed by atoms with Crippen molar-refractivity contribution in [1.29, 1.82) is 0 Å². The summed E-state index contributed by atoms with van der Waals surface area (Å²) in [7, 11) is 0. The lowest BCUT2D eigenvalue weighted by atomic mass is 10.0. The number of hydrogen-bond acceptors (Lipinski definition) is 5. The zero-order chi connectivity index (χ0) is 53.6. The number of ether oxygens (including phenoxy) is 1. The third-order valence-electron chi connectivity index (χ3n) is 15.4. The van der Waals surface area contributed by atoms with Gasteiger partial charge in [-0.05, 0) is 77.0 Å². The van der Waals surface area contributed by atoms with Crippen molar-refractivity contribution in [2.24, 2.45) is 0 Å². The Bertz CT molecular complexity index is 1200. The molecule has 0 saturated carbocycles. The largest absolute Gasteiger partial charge is 0.466 e. The SMILES string of the molecule is CCCC/C=C\CCCCCCCC(=O)OCCCCCCCCCCCCCCCCCC/C=C\CCCCCCCCCCCCCCCCCCCC(=O)NC(CO)C(O)/C=C/CCCCCCCCC. The zero-order valence-electron chi connectivity index (χ0n) is 49.8. The first kappa shape index (κ1) is 72.1. The molecule has 436 valence electrons. The van der Waals surface area contributed by atoms with E-state index in [1.165, 1.54) is 289 Å². The summed E-state index contributed by atoms with van der Waals surface area (Å²) in [6, 6.07) is -0.622. The Kier molecular flexibility index (Phi) is 62.0. The van der Waals surface area contributed by atoms with Crippen LogP contribution in [0.15, 0.2) is 36.5 Å². The number of unbranched alkanes of at least 4 members (excludes halogenated alkanes) is 47.